The summed E-state index contributed by atoms with van der Waals surface area (Å²) >= 11 is 5.62. The maximum Gasteiger partial charge on any atom is 0.409 e. The van der Waals surface area contributed by atoms with Crippen LogP contribution < -0.4 is 11.1 Å². The molecule has 0 bridgehead atoms. The molecule has 0 aromatic heterocycles. The van der Waals surface area contributed by atoms with Gasteiger partial charge in [-0.3, -0.25) is 4.99 Å². The molecule has 4 N–H and O–H groups in total. The predicted octanol–water partition coefficient (Wildman–Crippen LogP) is 2.04. The minimum atomic E-state index is -0.979. The number of halogens is 2. The fourth-order valence-corrected chi connectivity index (χ4v) is 2.80. The normalized spacial score (nSPS) is 17.1. The summed E-state index contributed by atoms with van der Waals surface area (Å²) < 4.78 is 18.4. The molecule has 7 nitrogen and oxygen atoms in total. The second-order valence-electron chi connectivity index (χ2n) is 6.02. The third-order valence-electron chi connectivity index (χ3n) is 4.14. The summed E-state index contributed by atoms with van der Waals surface area (Å²) in [5.41, 5.74) is 6.24. The smallest absolute Gasteiger partial charge is 0.409 e. The first-order valence-corrected chi connectivity index (χ1v) is 8.89. The van der Waals surface area contributed by atoms with Crippen LogP contribution in [0.25, 0.3) is 0 Å². The summed E-state index contributed by atoms with van der Waals surface area (Å²) in [5, 5.41) is 13.2. The van der Waals surface area contributed by atoms with Gasteiger partial charge in [-0.25, -0.2) is 9.18 Å². The van der Waals surface area contributed by atoms with Gasteiger partial charge in [-0.2, -0.15) is 0 Å². The minimum Gasteiger partial charge on any atom is -0.450 e. The number of nitrogens with two attached hydrogens (primary N) is 1. The Balaban J connectivity index is 1.79. The predicted molar refractivity (Wildman–Crippen MR) is 97.6 cm³/mol. The molecule has 1 aliphatic rings. The van der Waals surface area contributed by atoms with Gasteiger partial charge in [-0.15, -0.1) is 0 Å². The largest absolute Gasteiger partial charge is 0.450 e. The number of hydrogen-bond acceptors (Lipinski definition) is 4. The monoisotopic (exact) mass is 386 g/mol. The number of aliphatic hydroxyl groups excluding tert-OH is 1. The molecule has 9 heteroatoms. The highest BCUT2D eigenvalue weighted by Gasteiger charge is 2.23. The molecule has 2 rings (SSSR count). The molecule has 1 saturated heterocycles. The second kappa shape index (κ2) is 9.59. The van der Waals surface area contributed by atoms with E-state index in [0.29, 0.717) is 25.3 Å². The minimum absolute atomic E-state index is 0.000192. The fraction of sp³-hybridized carbons (Fsp3) is 0.529. The Hall–Kier alpha value is -2.06. The summed E-state index contributed by atoms with van der Waals surface area (Å²) in [7, 11) is 0. The van der Waals surface area contributed by atoms with E-state index in [1.165, 1.54) is 12.1 Å². The van der Waals surface area contributed by atoms with Crippen LogP contribution in [0, 0.1) is 5.82 Å². The fourth-order valence-electron chi connectivity index (χ4n) is 2.69. The summed E-state index contributed by atoms with van der Waals surface area (Å²) in [6, 6.07) is 4.20. The molecule has 1 atom stereocenters. The van der Waals surface area contributed by atoms with E-state index in [1.807, 2.05) is 0 Å². The van der Waals surface area contributed by atoms with Crippen molar-refractivity contribution in [2.24, 2.45) is 10.7 Å². The quantitative estimate of drug-likeness (QED) is 0.531. The Kier molecular flexibility index (Phi) is 7.47. The maximum absolute atomic E-state index is 13.4. The molecule has 0 radical (unpaired) electrons. The van der Waals surface area contributed by atoms with Gasteiger partial charge in [0.1, 0.15) is 5.82 Å². The Morgan fingerprint density at radius 1 is 1.54 bits per heavy atom. The van der Waals surface area contributed by atoms with Crippen LogP contribution in [0.5, 0.6) is 0 Å². The van der Waals surface area contributed by atoms with Crippen molar-refractivity contribution in [2.75, 3.05) is 26.2 Å². The maximum atomic E-state index is 13.4. The van der Waals surface area contributed by atoms with Crippen molar-refractivity contribution >= 4 is 23.7 Å². The number of piperidine rings is 1. The van der Waals surface area contributed by atoms with Gasteiger partial charge in [-0.05, 0) is 37.5 Å². The summed E-state index contributed by atoms with van der Waals surface area (Å²) in [5.74, 6) is -0.389. The van der Waals surface area contributed by atoms with Crippen LogP contribution in [-0.2, 0) is 4.74 Å². The molecule has 0 aliphatic carbocycles. The Morgan fingerprint density at radius 3 is 2.85 bits per heavy atom. The number of aliphatic hydroxyl groups is 1. The van der Waals surface area contributed by atoms with E-state index in [9.17, 15) is 14.3 Å². The van der Waals surface area contributed by atoms with Gasteiger partial charge in [0.25, 0.3) is 0 Å². The first-order chi connectivity index (χ1) is 12.4. The lowest BCUT2D eigenvalue weighted by Crippen LogP contribution is -2.48. The average Bonchev–Trinajstić information content (AvgIpc) is 2.62. The van der Waals surface area contributed by atoms with E-state index in [-0.39, 0.29) is 29.7 Å². The van der Waals surface area contributed by atoms with Crippen molar-refractivity contribution in [3.63, 3.8) is 0 Å². The van der Waals surface area contributed by atoms with Crippen molar-refractivity contribution in [1.29, 1.82) is 0 Å². The Morgan fingerprint density at radius 2 is 2.23 bits per heavy atom. The lowest BCUT2D eigenvalue weighted by molar-refractivity contribution is 0.0963. The number of likely N-dealkylation sites (tertiary alicyclic amines) is 1. The van der Waals surface area contributed by atoms with E-state index < -0.39 is 11.9 Å². The van der Waals surface area contributed by atoms with Crippen LogP contribution >= 0.6 is 11.6 Å². The Bertz CT molecular complexity index is 651. The molecule has 1 aromatic rings. The summed E-state index contributed by atoms with van der Waals surface area (Å²) in [4.78, 5) is 17.4. The highest BCUT2D eigenvalue weighted by molar-refractivity contribution is 6.30. The van der Waals surface area contributed by atoms with Gasteiger partial charge < -0.3 is 25.8 Å². The van der Waals surface area contributed by atoms with Crippen LogP contribution in [-0.4, -0.2) is 54.3 Å². The average molecular weight is 387 g/mol. The first-order valence-electron chi connectivity index (χ1n) is 8.51. The molecule has 144 valence electrons. The number of carbonyl (C=O) groups is 1. The van der Waals surface area contributed by atoms with E-state index >= 15 is 0 Å². The molecule has 1 amide bonds. The van der Waals surface area contributed by atoms with E-state index in [2.05, 4.69) is 10.3 Å². The molecule has 1 aromatic carbocycles. The molecule has 1 fully saturated rings. The highest BCUT2D eigenvalue weighted by Crippen LogP contribution is 2.20. The van der Waals surface area contributed by atoms with Gasteiger partial charge in [0, 0.05) is 19.1 Å². The molecule has 0 spiro atoms. The number of hydrogen-bond donors (Lipinski definition) is 3. The lowest BCUT2D eigenvalue weighted by Gasteiger charge is -2.31. The molecule has 1 aliphatic heterocycles. The summed E-state index contributed by atoms with van der Waals surface area (Å²) in [6.07, 6.45) is 0.165. The topological polar surface area (TPSA) is 100 Å². The molecule has 0 saturated carbocycles. The second-order valence-corrected chi connectivity index (χ2v) is 6.43. The first kappa shape index (κ1) is 20.3. The third kappa shape index (κ3) is 5.74. The van der Waals surface area contributed by atoms with Crippen molar-refractivity contribution in [2.45, 2.75) is 31.9 Å². The highest BCUT2D eigenvalue weighted by atomic mass is 35.5. The number of nitrogens with one attached hydrogen (secondary N) is 1. The van der Waals surface area contributed by atoms with Gasteiger partial charge in [0.2, 0.25) is 0 Å². The van der Waals surface area contributed by atoms with Gasteiger partial charge in [0.05, 0.1) is 24.3 Å². The van der Waals surface area contributed by atoms with E-state index in [4.69, 9.17) is 22.1 Å². The van der Waals surface area contributed by atoms with Crippen LogP contribution in [0.4, 0.5) is 9.18 Å². The number of guanidine groups is 1. The van der Waals surface area contributed by atoms with Crippen LogP contribution in [0.3, 0.4) is 0 Å². The number of benzene rings is 1. The molecule has 1 heterocycles. The SMILES string of the molecule is CCOC(=O)N1CCC(NC(N)=NCC(O)c2ccc(Cl)c(F)c2)CC1. The van der Waals surface area contributed by atoms with Crippen LogP contribution in [0.15, 0.2) is 23.2 Å². The molecule has 26 heavy (non-hydrogen) atoms. The molecular formula is C17H24ClFN4O3. The number of nitrogens with zero attached hydrogens (tertiary/aromatic N) is 2. The van der Waals surface area contributed by atoms with Crippen LogP contribution in [0.1, 0.15) is 31.4 Å². The van der Waals surface area contributed by atoms with Crippen molar-refractivity contribution < 1.29 is 19.0 Å². The van der Waals surface area contributed by atoms with Gasteiger partial charge >= 0.3 is 6.09 Å². The number of aliphatic imine (C=N–C) groups is 1. The third-order valence-corrected chi connectivity index (χ3v) is 4.44. The van der Waals surface area contributed by atoms with Gasteiger partial charge in [-0.1, -0.05) is 17.7 Å². The standard InChI is InChI=1S/C17H24ClFN4O3/c1-2-26-17(25)23-7-5-12(6-8-23)22-16(20)21-10-15(24)11-3-4-13(18)14(19)9-11/h3-4,9,12,15,24H,2,5-8,10H2,1H3,(H3,20,21,22). The van der Waals surface area contributed by atoms with Crippen molar-refractivity contribution in [3.05, 3.63) is 34.6 Å². The zero-order chi connectivity index (χ0) is 19.1. The van der Waals surface area contributed by atoms with E-state index in [1.54, 1.807) is 17.9 Å². The van der Waals surface area contributed by atoms with Crippen molar-refractivity contribution in [3.8, 4) is 0 Å². The number of rotatable bonds is 5. The number of ether oxygens (including phenoxy) is 1. The van der Waals surface area contributed by atoms with E-state index in [0.717, 1.165) is 12.8 Å². The van der Waals surface area contributed by atoms with Crippen molar-refractivity contribution in [1.82, 2.24) is 10.2 Å². The van der Waals surface area contributed by atoms with Crippen LogP contribution in [0.2, 0.25) is 5.02 Å². The lowest BCUT2D eigenvalue weighted by atomic mass is 10.1. The number of carbonyl (C=O) groups excluding carboxylic acids is 1. The summed E-state index contributed by atoms with van der Waals surface area (Å²) in [6.45, 7) is 3.29. The molecule has 1 unspecified atom stereocenters. The number of amides is 1. The zero-order valence-electron chi connectivity index (χ0n) is 14.6. The zero-order valence-corrected chi connectivity index (χ0v) is 15.4. The van der Waals surface area contributed by atoms with Gasteiger partial charge in [0.15, 0.2) is 5.96 Å². The Labute approximate surface area is 157 Å². The molecular weight excluding hydrogens is 363 g/mol.